The first kappa shape index (κ1) is 13.4. The molecular formula is C15H23NO2. The minimum atomic E-state index is -0.253. The molecule has 0 radical (unpaired) electrons. The lowest BCUT2D eigenvalue weighted by atomic mass is 10.0. The van der Waals surface area contributed by atoms with Gasteiger partial charge in [0.05, 0.1) is 12.7 Å². The molecule has 0 aromatic heterocycles. The van der Waals surface area contributed by atoms with E-state index in [1.807, 2.05) is 6.92 Å². The fourth-order valence-electron chi connectivity index (χ4n) is 2.34. The van der Waals surface area contributed by atoms with Crippen LogP contribution in [0, 0.1) is 0 Å². The van der Waals surface area contributed by atoms with Gasteiger partial charge in [-0.1, -0.05) is 26.0 Å². The molecule has 0 bridgehead atoms. The maximum absolute atomic E-state index is 9.62. The van der Waals surface area contributed by atoms with Gasteiger partial charge in [-0.15, -0.1) is 0 Å². The third kappa shape index (κ3) is 3.03. The Labute approximate surface area is 109 Å². The van der Waals surface area contributed by atoms with E-state index in [4.69, 9.17) is 4.74 Å². The molecule has 0 fully saturated rings. The molecule has 1 heterocycles. The number of hydrogen-bond donors (Lipinski definition) is 2. The average molecular weight is 249 g/mol. The second kappa shape index (κ2) is 6.21. The summed E-state index contributed by atoms with van der Waals surface area (Å²) in [6.07, 6.45) is 2.58. The van der Waals surface area contributed by atoms with Crippen molar-refractivity contribution in [3.63, 3.8) is 0 Å². The Morgan fingerprint density at radius 3 is 2.89 bits per heavy atom. The number of benzene rings is 1. The van der Waals surface area contributed by atoms with Crippen molar-refractivity contribution >= 4 is 0 Å². The van der Waals surface area contributed by atoms with Crippen LogP contribution < -0.4 is 10.1 Å². The Hall–Kier alpha value is -1.06. The molecule has 2 unspecified atom stereocenters. The summed E-state index contributed by atoms with van der Waals surface area (Å²) < 4.78 is 5.52. The molecule has 1 aromatic rings. The highest BCUT2D eigenvalue weighted by atomic mass is 16.5. The van der Waals surface area contributed by atoms with Crippen LogP contribution in [0.1, 0.15) is 43.9 Å². The van der Waals surface area contributed by atoms with E-state index in [1.54, 1.807) is 0 Å². The summed E-state index contributed by atoms with van der Waals surface area (Å²) in [5.41, 5.74) is 2.61. The Kier molecular flexibility index (Phi) is 4.61. The van der Waals surface area contributed by atoms with Crippen LogP contribution in [0.25, 0.3) is 0 Å². The van der Waals surface area contributed by atoms with Gasteiger partial charge in [0.2, 0.25) is 0 Å². The zero-order chi connectivity index (χ0) is 13.0. The van der Waals surface area contributed by atoms with E-state index in [0.717, 1.165) is 31.6 Å². The lowest BCUT2D eigenvalue weighted by molar-refractivity contribution is 0.162. The maximum Gasteiger partial charge on any atom is 0.122 e. The van der Waals surface area contributed by atoms with Crippen LogP contribution in [0.3, 0.4) is 0 Å². The van der Waals surface area contributed by atoms with Crippen molar-refractivity contribution < 1.29 is 9.84 Å². The molecule has 2 N–H and O–H groups in total. The average Bonchev–Trinajstić information content (AvgIpc) is 2.86. The number of nitrogens with one attached hydrogen (secondary N) is 1. The first-order chi connectivity index (χ1) is 8.74. The Bertz CT molecular complexity index is 392. The molecule has 100 valence electrons. The van der Waals surface area contributed by atoms with E-state index in [-0.39, 0.29) is 6.10 Å². The molecule has 0 saturated heterocycles. The summed E-state index contributed by atoms with van der Waals surface area (Å²) in [7, 11) is 0. The Morgan fingerprint density at radius 1 is 1.33 bits per heavy atom. The molecule has 3 heteroatoms. The molecule has 0 spiro atoms. The smallest absolute Gasteiger partial charge is 0.122 e. The van der Waals surface area contributed by atoms with E-state index in [2.05, 4.69) is 30.4 Å². The highest BCUT2D eigenvalue weighted by Crippen LogP contribution is 2.29. The van der Waals surface area contributed by atoms with Gasteiger partial charge in [0, 0.05) is 19.0 Å². The van der Waals surface area contributed by atoms with E-state index in [1.165, 1.54) is 11.1 Å². The van der Waals surface area contributed by atoms with Gasteiger partial charge in [-0.2, -0.15) is 0 Å². The molecule has 1 aliphatic rings. The van der Waals surface area contributed by atoms with E-state index >= 15 is 0 Å². The fraction of sp³-hybridized carbons (Fsp3) is 0.600. The topological polar surface area (TPSA) is 41.5 Å². The number of rotatable bonds is 6. The van der Waals surface area contributed by atoms with Gasteiger partial charge in [-0.25, -0.2) is 0 Å². The van der Waals surface area contributed by atoms with Crippen molar-refractivity contribution in [3.05, 3.63) is 29.3 Å². The minimum absolute atomic E-state index is 0.253. The van der Waals surface area contributed by atoms with Gasteiger partial charge in [0.25, 0.3) is 0 Å². The van der Waals surface area contributed by atoms with Crippen LogP contribution in [0.5, 0.6) is 5.75 Å². The molecule has 0 saturated carbocycles. The molecular weight excluding hydrogens is 226 g/mol. The highest BCUT2D eigenvalue weighted by molar-refractivity contribution is 5.40. The molecule has 3 nitrogen and oxygen atoms in total. The third-order valence-corrected chi connectivity index (χ3v) is 3.60. The Morgan fingerprint density at radius 2 is 2.17 bits per heavy atom. The van der Waals surface area contributed by atoms with Crippen molar-refractivity contribution in [1.29, 1.82) is 0 Å². The molecule has 18 heavy (non-hydrogen) atoms. The summed E-state index contributed by atoms with van der Waals surface area (Å²) >= 11 is 0. The van der Waals surface area contributed by atoms with Crippen LogP contribution in [0.2, 0.25) is 0 Å². The van der Waals surface area contributed by atoms with Crippen molar-refractivity contribution in [2.24, 2.45) is 0 Å². The minimum Gasteiger partial charge on any atom is -0.493 e. The number of fused-ring (bicyclic) bond motifs is 1. The first-order valence-electron chi connectivity index (χ1n) is 6.91. The summed E-state index contributed by atoms with van der Waals surface area (Å²) in [6, 6.07) is 6.75. The quantitative estimate of drug-likeness (QED) is 0.813. The second-order valence-corrected chi connectivity index (χ2v) is 4.90. The molecule has 0 amide bonds. The zero-order valence-electron chi connectivity index (χ0n) is 11.3. The van der Waals surface area contributed by atoms with E-state index in [0.29, 0.717) is 12.6 Å². The lowest BCUT2D eigenvalue weighted by Crippen LogP contribution is -2.29. The predicted molar refractivity (Wildman–Crippen MR) is 73.0 cm³/mol. The van der Waals surface area contributed by atoms with Gasteiger partial charge >= 0.3 is 0 Å². The molecule has 2 atom stereocenters. The SMILES string of the molecule is CCC(O)CNC(CC)c1ccc2c(c1)CCO2. The summed E-state index contributed by atoms with van der Waals surface area (Å²) in [6.45, 7) is 5.62. The summed E-state index contributed by atoms with van der Waals surface area (Å²) in [5.74, 6) is 1.03. The number of aliphatic hydroxyl groups excluding tert-OH is 1. The maximum atomic E-state index is 9.62. The standard InChI is InChI=1S/C15H23NO2/c1-3-13(17)10-16-14(4-2)11-5-6-15-12(9-11)7-8-18-15/h5-6,9,13-14,16-17H,3-4,7-8,10H2,1-2H3. The Balaban J connectivity index is 2.03. The van der Waals surface area contributed by atoms with Gasteiger partial charge in [0.1, 0.15) is 5.75 Å². The van der Waals surface area contributed by atoms with Gasteiger partial charge in [-0.3, -0.25) is 0 Å². The number of ether oxygens (including phenoxy) is 1. The van der Waals surface area contributed by atoms with E-state index in [9.17, 15) is 5.11 Å². The fourth-order valence-corrected chi connectivity index (χ4v) is 2.34. The van der Waals surface area contributed by atoms with Crippen molar-refractivity contribution in [1.82, 2.24) is 5.32 Å². The van der Waals surface area contributed by atoms with Gasteiger partial charge in [0.15, 0.2) is 0 Å². The van der Waals surface area contributed by atoms with Crippen LogP contribution in [-0.2, 0) is 6.42 Å². The first-order valence-corrected chi connectivity index (χ1v) is 6.91. The molecule has 2 rings (SSSR count). The second-order valence-electron chi connectivity index (χ2n) is 4.90. The normalized spacial score (nSPS) is 17.1. The zero-order valence-corrected chi connectivity index (χ0v) is 11.3. The third-order valence-electron chi connectivity index (χ3n) is 3.60. The number of aliphatic hydroxyl groups is 1. The van der Waals surface area contributed by atoms with Gasteiger partial charge < -0.3 is 15.2 Å². The summed E-state index contributed by atoms with van der Waals surface area (Å²) in [5, 5.41) is 13.1. The van der Waals surface area contributed by atoms with Crippen molar-refractivity contribution in [2.75, 3.05) is 13.2 Å². The molecule has 1 aliphatic heterocycles. The number of hydrogen-bond acceptors (Lipinski definition) is 3. The van der Waals surface area contributed by atoms with Gasteiger partial charge in [-0.05, 0) is 30.0 Å². The van der Waals surface area contributed by atoms with Crippen LogP contribution >= 0.6 is 0 Å². The summed E-state index contributed by atoms with van der Waals surface area (Å²) in [4.78, 5) is 0. The van der Waals surface area contributed by atoms with Crippen LogP contribution in [0.4, 0.5) is 0 Å². The van der Waals surface area contributed by atoms with Crippen molar-refractivity contribution in [3.8, 4) is 5.75 Å². The van der Waals surface area contributed by atoms with Crippen LogP contribution in [-0.4, -0.2) is 24.4 Å². The highest BCUT2D eigenvalue weighted by Gasteiger charge is 2.16. The van der Waals surface area contributed by atoms with E-state index < -0.39 is 0 Å². The van der Waals surface area contributed by atoms with Crippen molar-refractivity contribution in [2.45, 2.75) is 45.3 Å². The van der Waals surface area contributed by atoms with Crippen LogP contribution in [0.15, 0.2) is 18.2 Å². The largest absolute Gasteiger partial charge is 0.493 e. The lowest BCUT2D eigenvalue weighted by Gasteiger charge is -2.20. The predicted octanol–water partition coefficient (Wildman–Crippen LogP) is 2.43. The monoisotopic (exact) mass is 249 g/mol. The molecule has 1 aromatic carbocycles. The molecule has 0 aliphatic carbocycles.